The van der Waals surface area contributed by atoms with E-state index in [4.69, 9.17) is 4.18 Å². The molecule has 2 aliphatic rings. The van der Waals surface area contributed by atoms with Crippen molar-refractivity contribution in [3.05, 3.63) is 0 Å². The van der Waals surface area contributed by atoms with Crippen molar-refractivity contribution < 1.29 is 12.6 Å². The molecule has 0 aromatic rings. The van der Waals surface area contributed by atoms with Gasteiger partial charge in [-0.05, 0) is 39.3 Å². The number of rotatable bonds is 8. The van der Waals surface area contributed by atoms with Gasteiger partial charge in [0.15, 0.2) is 0 Å². The average molecular weight is 319 g/mol. The Bertz CT molecular complexity index is 416. The molecule has 0 spiro atoms. The maximum Gasteiger partial charge on any atom is 0.264 e. The van der Waals surface area contributed by atoms with Crippen LogP contribution in [0.5, 0.6) is 0 Å². The molecule has 1 atom stereocenters. The van der Waals surface area contributed by atoms with Crippen LogP contribution in [-0.4, -0.2) is 88.0 Å². The van der Waals surface area contributed by atoms with Gasteiger partial charge in [0.2, 0.25) is 0 Å². The molecular formula is C14H29N3O3S. The van der Waals surface area contributed by atoms with E-state index >= 15 is 0 Å². The Morgan fingerprint density at radius 2 is 1.81 bits per heavy atom. The van der Waals surface area contributed by atoms with Gasteiger partial charge in [-0.2, -0.15) is 8.42 Å². The number of hydrogen-bond acceptors (Lipinski definition) is 6. The molecule has 2 rings (SSSR count). The Kier molecular flexibility index (Phi) is 6.43. The third kappa shape index (κ3) is 6.20. The summed E-state index contributed by atoms with van der Waals surface area (Å²) in [6.07, 6.45) is 5.01. The first-order valence-corrected chi connectivity index (χ1v) is 9.79. The van der Waals surface area contributed by atoms with E-state index < -0.39 is 10.1 Å². The lowest BCUT2D eigenvalue weighted by Crippen LogP contribution is -2.32. The minimum atomic E-state index is -3.30. The lowest BCUT2D eigenvalue weighted by Gasteiger charge is -2.23. The fraction of sp³-hybridized carbons (Fsp3) is 1.00. The fourth-order valence-corrected chi connectivity index (χ4v) is 3.59. The van der Waals surface area contributed by atoms with E-state index in [-0.39, 0.29) is 6.61 Å². The maximum absolute atomic E-state index is 10.9. The van der Waals surface area contributed by atoms with Crippen LogP contribution in [0.1, 0.15) is 26.2 Å². The summed E-state index contributed by atoms with van der Waals surface area (Å²) in [5.41, 5.74) is 0. The highest BCUT2D eigenvalue weighted by Gasteiger charge is 2.22. The van der Waals surface area contributed by atoms with E-state index in [1.165, 1.54) is 32.4 Å². The van der Waals surface area contributed by atoms with Gasteiger partial charge in [0.05, 0.1) is 19.5 Å². The Labute approximate surface area is 129 Å². The summed E-state index contributed by atoms with van der Waals surface area (Å²) in [5.74, 6) is 0. The molecule has 0 N–H and O–H groups in total. The van der Waals surface area contributed by atoms with Gasteiger partial charge in [-0.3, -0.25) is 14.0 Å². The second-order valence-corrected chi connectivity index (χ2v) is 7.93. The zero-order valence-corrected chi connectivity index (χ0v) is 14.1. The lowest BCUT2D eigenvalue weighted by atomic mass is 10.2. The summed E-state index contributed by atoms with van der Waals surface area (Å²) in [5, 5.41) is 0. The predicted octanol–water partition coefficient (Wildman–Crippen LogP) is 0.412. The Morgan fingerprint density at radius 1 is 1.10 bits per heavy atom. The standard InChI is InChI=1S/C14H29N3O3S/c1-14-5-3-7-17(14)8-4-6-15-9-10-16(13-15)11-12-20-21(2,18)19/h14H,3-13H2,1-2H3/t14-/m0/s1. The van der Waals surface area contributed by atoms with Crippen LogP contribution in [0.4, 0.5) is 0 Å². The molecule has 0 bridgehead atoms. The lowest BCUT2D eigenvalue weighted by molar-refractivity contribution is 0.196. The van der Waals surface area contributed by atoms with Crippen LogP contribution in [0.2, 0.25) is 0 Å². The molecule has 124 valence electrons. The Balaban J connectivity index is 1.55. The molecule has 2 fully saturated rings. The number of hydrogen-bond donors (Lipinski definition) is 0. The molecule has 0 radical (unpaired) electrons. The SMILES string of the molecule is C[C@H]1CCCN1CCCN1CCN(CCOS(C)(=O)=O)C1. The van der Waals surface area contributed by atoms with Crippen LogP contribution in [0.25, 0.3) is 0 Å². The van der Waals surface area contributed by atoms with Crippen molar-refractivity contribution in [1.82, 2.24) is 14.7 Å². The smallest absolute Gasteiger partial charge is 0.264 e. The van der Waals surface area contributed by atoms with Crippen molar-refractivity contribution in [1.29, 1.82) is 0 Å². The molecule has 21 heavy (non-hydrogen) atoms. The van der Waals surface area contributed by atoms with E-state index in [2.05, 4.69) is 21.6 Å². The molecular weight excluding hydrogens is 290 g/mol. The second-order valence-electron chi connectivity index (χ2n) is 6.28. The van der Waals surface area contributed by atoms with Gasteiger partial charge < -0.3 is 4.90 Å². The van der Waals surface area contributed by atoms with Gasteiger partial charge in [-0.25, -0.2) is 0 Å². The van der Waals surface area contributed by atoms with Crippen LogP contribution in [0.15, 0.2) is 0 Å². The molecule has 2 heterocycles. The zero-order chi connectivity index (χ0) is 15.3. The Morgan fingerprint density at radius 3 is 2.43 bits per heavy atom. The number of nitrogens with zero attached hydrogens (tertiary/aromatic N) is 3. The molecule has 0 aromatic heterocycles. The molecule has 0 saturated carbocycles. The molecule has 7 heteroatoms. The van der Waals surface area contributed by atoms with Crippen molar-refractivity contribution in [3.8, 4) is 0 Å². The second kappa shape index (κ2) is 7.87. The molecule has 0 unspecified atom stereocenters. The van der Waals surface area contributed by atoms with E-state index in [1.807, 2.05) is 0 Å². The summed E-state index contributed by atoms with van der Waals surface area (Å²) in [6.45, 7) is 9.89. The number of likely N-dealkylation sites (tertiary alicyclic amines) is 1. The minimum Gasteiger partial charge on any atom is -0.301 e. The van der Waals surface area contributed by atoms with Gasteiger partial charge >= 0.3 is 0 Å². The van der Waals surface area contributed by atoms with Gasteiger partial charge in [-0.15, -0.1) is 0 Å². The minimum absolute atomic E-state index is 0.262. The van der Waals surface area contributed by atoms with Crippen LogP contribution in [-0.2, 0) is 14.3 Å². The van der Waals surface area contributed by atoms with Crippen LogP contribution in [0.3, 0.4) is 0 Å². The quantitative estimate of drug-likeness (QED) is 0.604. The van der Waals surface area contributed by atoms with Crippen molar-refractivity contribution >= 4 is 10.1 Å². The summed E-state index contributed by atoms with van der Waals surface area (Å²) in [6, 6.07) is 0.758. The first-order chi connectivity index (χ1) is 9.94. The van der Waals surface area contributed by atoms with Crippen molar-refractivity contribution in [3.63, 3.8) is 0 Å². The first-order valence-electron chi connectivity index (χ1n) is 7.97. The van der Waals surface area contributed by atoms with E-state index in [0.29, 0.717) is 6.54 Å². The molecule has 6 nitrogen and oxygen atoms in total. The largest absolute Gasteiger partial charge is 0.301 e. The monoisotopic (exact) mass is 319 g/mol. The molecule has 2 saturated heterocycles. The van der Waals surface area contributed by atoms with Crippen molar-refractivity contribution in [2.75, 3.05) is 58.8 Å². The van der Waals surface area contributed by atoms with Gasteiger partial charge in [0.1, 0.15) is 0 Å². The van der Waals surface area contributed by atoms with Crippen molar-refractivity contribution in [2.24, 2.45) is 0 Å². The van der Waals surface area contributed by atoms with E-state index in [1.54, 1.807) is 0 Å². The van der Waals surface area contributed by atoms with E-state index in [9.17, 15) is 8.42 Å². The Hall–Kier alpha value is -0.210. The summed E-state index contributed by atoms with van der Waals surface area (Å²) in [4.78, 5) is 7.29. The average Bonchev–Trinajstić information content (AvgIpc) is 2.98. The first kappa shape index (κ1) is 17.1. The highest BCUT2D eigenvalue weighted by atomic mass is 32.2. The van der Waals surface area contributed by atoms with Gasteiger partial charge in [0, 0.05) is 32.2 Å². The molecule has 0 aliphatic carbocycles. The highest BCUT2D eigenvalue weighted by molar-refractivity contribution is 7.85. The summed E-state index contributed by atoms with van der Waals surface area (Å²) < 4.78 is 26.6. The fourth-order valence-electron chi connectivity index (χ4n) is 3.21. The summed E-state index contributed by atoms with van der Waals surface area (Å²) >= 11 is 0. The maximum atomic E-state index is 10.9. The van der Waals surface area contributed by atoms with Gasteiger partial charge in [-0.1, -0.05) is 0 Å². The molecule has 0 amide bonds. The molecule has 2 aliphatic heterocycles. The van der Waals surface area contributed by atoms with Crippen LogP contribution >= 0.6 is 0 Å². The normalized spacial score (nSPS) is 25.9. The zero-order valence-electron chi connectivity index (χ0n) is 13.3. The topological polar surface area (TPSA) is 53.1 Å². The highest BCUT2D eigenvalue weighted by Crippen LogP contribution is 2.16. The predicted molar refractivity (Wildman–Crippen MR) is 83.7 cm³/mol. The van der Waals surface area contributed by atoms with Crippen molar-refractivity contribution in [2.45, 2.75) is 32.2 Å². The summed E-state index contributed by atoms with van der Waals surface area (Å²) in [7, 11) is -3.30. The van der Waals surface area contributed by atoms with Crippen LogP contribution in [0, 0.1) is 0 Å². The third-order valence-electron chi connectivity index (χ3n) is 4.45. The third-order valence-corrected chi connectivity index (χ3v) is 5.04. The molecule has 0 aromatic carbocycles. The van der Waals surface area contributed by atoms with Gasteiger partial charge in [0.25, 0.3) is 10.1 Å². The van der Waals surface area contributed by atoms with Crippen LogP contribution < -0.4 is 0 Å². The van der Waals surface area contributed by atoms with E-state index in [0.717, 1.165) is 38.6 Å².